The summed E-state index contributed by atoms with van der Waals surface area (Å²) >= 11 is 0. The summed E-state index contributed by atoms with van der Waals surface area (Å²) < 4.78 is 44.7. The number of aliphatic carboxylic acids is 1. The summed E-state index contributed by atoms with van der Waals surface area (Å²) in [7, 11) is 0. The number of carbonyl (C=O) groups excluding carboxylic acids is 1. The second kappa shape index (κ2) is 9.77. The van der Waals surface area contributed by atoms with Crippen LogP contribution in [-0.4, -0.2) is 22.6 Å². The average molecular weight is 447 g/mol. The van der Waals surface area contributed by atoms with Gasteiger partial charge in [0.25, 0.3) is 5.91 Å². The minimum Gasteiger partial charge on any atom is -0.481 e. The molecule has 1 unspecified atom stereocenters. The zero-order valence-corrected chi connectivity index (χ0v) is 18.1. The van der Waals surface area contributed by atoms with Gasteiger partial charge in [-0.25, -0.2) is 0 Å². The van der Waals surface area contributed by atoms with Crippen LogP contribution >= 0.6 is 0 Å². The van der Waals surface area contributed by atoms with Gasteiger partial charge in [-0.05, 0) is 63.1 Å². The monoisotopic (exact) mass is 447 g/mol. The van der Waals surface area contributed by atoms with E-state index < -0.39 is 35.1 Å². The van der Waals surface area contributed by atoms with E-state index in [0.29, 0.717) is 16.8 Å². The van der Waals surface area contributed by atoms with Crippen LogP contribution in [0.1, 0.15) is 49.8 Å². The van der Waals surface area contributed by atoms with Crippen molar-refractivity contribution in [1.29, 1.82) is 0 Å². The molecule has 0 fully saturated rings. The quantitative estimate of drug-likeness (QED) is 0.558. The van der Waals surface area contributed by atoms with Crippen LogP contribution in [0, 0.1) is 18.8 Å². The van der Waals surface area contributed by atoms with Crippen molar-refractivity contribution in [3.8, 4) is 17.6 Å². The molecule has 1 amide bonds. The van der Waals surface area contributed by atoms with E-state index >= 15 is 0 Å². The molecule has 1 atom stereocenters. The summed E-state index contributed by atoms with van der Waals surface area (Å²) in [6.45, 7) is 6.12. The van der Waals surface area contributed by atoms with E-state index in [0.717, 1.165) is 12.1 Å². The summed E-state index contributed by atoms with van der Waals surface area (Å²) in [4.78, 5) is 23.8. The molecule has 170 valence electrons. The Bertz CT molecular complexity index is 1050. The molecule has 8 heteroatoms. The highest BCUT2D eigenvalue weighted by atomic mass is 19.4. The van der Waals surface area contributed by atoms with Crippen molar-refractivity contribution >= 4 is 17.6 Å². The maximum absolute atomic E-state index is 13.0. The lowest BCUT2D eigenvalue weighted by Gasteiger charge is -2.27. The molecule has 2 rings (SSSR count). The molecular formula is C24H24F3NO4. The molecule has 2 aromatic rings. The molecule has 0 radical (unpaired) electrons. The molecule has 5 nitrogen and oxygen atoms in total. The fourth-order valence-corrected chi connectivity index (χ4v) is 2.89. The molecule has 0 aliphatic rings. The predicted molar refractivity (Wildman–Crippen MR) is 114 cm³/mol. The molecule has 0 aliphatic heterocycles. The fourth-order valence-electron chi connectivity index (χ4n) is 2.89. The summed E-state index contributed by atoms with van der Waals surface area (Å²) in [5.74, 6) is 3.50. The third-order valence-corrected chi connectivity index (χ3v) is 4.70. The average Bonchev–Trinajstić information content (AvgIpc) is 2.68. The lowest BCUT2D eigenvalue weighted by atomic mass is 9.96. The number of anilines is 1. The summed E-state index contributed by atoms with van der Waals surface area (Å²) in [6, 6.07) is 9.65. The molecule has 2 N–H and O–H groups in total. The van der Waals surface area contributed by atoms with Crippen molar-refractivity contribution < 1.29 is 32.6 Å². The Morgan fingerprint density at radius 1 is 1.12 bits per heavy atom. The number of alkyl halides is 3. The molecular weight excluding hydrogens is 423 g/mol. The van der Waals surface area contributed by atoms with Gasteiger partial charge in [-0.3, -0.25) is 9.59 Å². The van der Waals surface area contributed by atoms with Crippen molar-refractivity contribution in [2.75, 3.05) is 5.32 Å². The topological polar surface area (TPSA) is 75.6 Å². The van der Waals surface area contributed by atoms with Gasteiger partial charge in [-0.1, -0.05) is 24.1 Å². The number of hydrogen-bond acceptors (Lipinski definition) is 3. The Kier molecular flexibility index (Phi) is 7.57. The summed E-state index contributed by atoms with van der Waals surface area (Å²) in [5.41, 5.74) is -0.752. The van der Waals surface area contributed by atoms with E-state index in [1.807, 2.05) is 0 Å². The van der Waals surface area contributed by atoms with Gasteiger partial charge in [0.2, 0.25) is 0 Å². The highest BCUT2D eigenvalue weighted by Gasteiger charge is 2.34. The number of halogens is 3. The third-order valence-electron chi connectivity index (χ3n) is 4.70. The number of hydrogen-bond donors (Lipinski definition) is 2. The highest BCUT2D eigenvalue weighted by molar-refractivity contribution is 5.97. The fraction of sp³-hybridized carbons (Fsp3) is 0.333. The van der Waals surface area contributed by atoms with E-state index in [2.05, 4.69) is 17.2 Å². The first kappa shape index (κ1) is 24.8. The molecule has 0 saturated heterocycles. The largest absolute Gasteiger partial charge is 0.481 e. The zero-order valence-electron chi connectivity index (χ0n) is 18.1. The van der Waals surface area contributed by atoms with E-state index in [-0.39, 0.29) is 12.2 Å². The second-order valence-electron chi connectivity index (χ2n) is 7.71. The lowest BCUT2D eigenvalue weighted by Crippen LogP contribution is -2.42. The maximum Gasteiger partial charge on any atom is 0.416 e. The number of amides is 1. The van der Waals surface area contributed by atoms with Gasteiger partial charge in [0.05, 0.1) is 17.9 Å². The molecule has 32 heavy (non-hydrogen) atoms. The standard InChI is InChI=1S/C24H24F3NO4/c1-5-6-17(13-21(29)30)16-8-11-19(12-9-16)28-22(31)23(3,4)32-20-14-18(24(25,26)27)10-7-15(20)2/h7-12,14,17H,13H2,1-4H3,(H,28,31)(H,29,30). The predicted octanol–water partition coefficient (Wildman–Crippen LogP) is 5.39. The van der Waals surface area contributed by atoms with Gasteiger partial charge in [-0.2, -0.15) is 13.2 Å². The van der Waals surface area contributed by atoms with E-state index in [9.17, 15) is 22.8 Å². The number of carboxylic acid groups (broad SMARTS) is 1. The first-order chi connectivity index (χ1) is 14.8. The maximum atomic E-state index is 13.0. The third kappa shape index (κ3) is 6.51. The number of ether oxygens (including phenoxy) is 1. The van der Waals surface area contributed by atoms with Gasteiger partial charge < -0.3 is 15.2 Å². The van der Waals surface area contributed by atoms with Gasteiger partial charge in [0.15, 0.2) is 5.60 Å². The Morgan fingerprint density at radius 3 is 2.28 bits per heavy atom. The van der Waals surface area contributed by atoms with Crippen molar-refractivity contribution in [3.05, 3.63) is 59.2 Å². The first-order valence-corrected chi connectivity index (χ1v) is 9.76. The first-order valence-electron chi connectivity index (χ1n) is 9.76. The van der Waals surface area contributed by atoms with Crippen molar-refractivity contribution in [3.63, 3.8) is 0 Å². The molecule has 0 bridgehead atoms. The van der Waals surface area contributed by atoms with E-state index in [1.54, 1.807) is 38.1 Å². The molecule has 0 heterocycles. The van der Waals surface area contributed by atoms with Crippen molar-refractivity contribution in [2.24, 2.45) is 0 Å². The van der Waals surface area contributed by atoms with Crippen LogP contribution in [-0.2, 0) is 15.8 Å². The number of nitrogens with one attached hydrogen (secondary N) is 1. The molecule has 0 saturated carbocycles. The summed E-state index contributed by atoms with van der Waals surface area (Å²) in [6.07, 6.45) is -4.68. The molecule has 2 aromatic carbocycles. The van der Waals surface area contributed by atoms with E-state index in [4.69, 9.17) is 9.84 Å². The van der Waals surface area contributed by atoms with Crippen LogP contribution in [0.2, 0.25) is 0 Å². The van der Waals surface area contributed by atoms with E-state index in [1.165, 1.54) is 19.9 Å². The van der Waals surface area contributed by atoms with Gasteiger partial charge >= 0.3 is 12.1 Å². The van der Waals surface area contributed by atoms with Crippen LogP contribution < -0.4 is 10.1 Å². The number of benzene rings is 2. The van der Waals surface area contributed by atoms with Crippen LogP contribution in [0.3, 0.4) is 0 Å². The number of rotatable bonds is 7. The van der Waals surface area contributed by atoms with Crippen LogP contribution in [0.15, 0.2) is 42.5 Å². The Morgan fingerprint density at radius 2 is 1.75 bits per heavy atom. The second-order valence-corrected chi connectivity index (χ2v) is 7.71. The van der Waals surface area contributed by atoms with Gasteiger partial charge in [0, 0.05) is 5.69 Å². The number of carbonyl (C=O) groups is 2. The molecule has 0 aromatic heterocycles. The summed E-state index contributed by atoms with van der Waals surface area (Å²) in [5, 5.41) is 11.7. The Labute approximate surface area is 184 Å². The van der Waals surface area contributed by atoms with Gasteiger partial charge in [-0.15, -0.1) is 5.92 Å². The SMILES string of the molecule is CC#CC(CC(=O)O)c1ccc(NC(=O)C(C)(C)Oc2cc(C(F)(F)F)ccc2C)cc1. The van der Waals surface area contributed by atoms with Crippen LogP contribution in [0.5, 0.6) is 5.75 Å². The Balaban J connectivity index is 2.16. The normalized spacial score (nSPS) is 12.3. The minimum atomic E-state index is -4.53. The van der Waals surface area contributed by atoms with Gasteiger partial charge in [0.1, 0.15) is 5.75 Å². The number of aryl methyl sites for hydroxylation is 1. The molecule has 0 aliphatic carbocycles. The van der Waals surface area contributed by atoms with Crippen LogP contribution in [0.25, 0.3) is 0 Å². The lowest BCUT2D eigenvalue weighted by molar-refractivity contribution is -0.138. The smallest absolute Gasteiger partial charge is 0.416 e. The van der Waals surface area contributed by atoms with Crippen molar-refractivity contribution in [2.45, 2.75) is 51.8 Å². The zero-order chi connectivity index (χ0) is 24.1. The Hall–Kier alpha value is -3.47. The number of carboxylic acids is 1. The van der Waals surface area contributed by atoms with Crippen molar-refractivity contribution in [1.82, 2.24) is 0 Å². The molecule has 0 spiro atoms. The highest BCUT2D eigenvalue weighted by Crippen LogP contribution is 2.34. The minimum absolute atomic E-state index is 0.0371. The van der Waals surface area contributed by atoms with Crippen LogP contribution in [0.4, 0.5) is 18.9 Å².